The second kappa shape index (κ2) is 7.12. The highest BCUT2D eigenvalue weighted by atomic mass is 16.7. The van der Waals surface area contributed by atoms with Crippen molar-refractivity contribution in [2.45, 2.75) is 30.5 Å². The van der Waals surface area contributed by atoms with Crippen molar-refractivity contribution >= 4 is 0 Å². The van der Waals surface area contributed by atoms with Crippen molar-refractivity contribution in [2.24, 2.45) is 5.41 Å². The van der Waals surface area contributed by atoms with Crippen LogP contribution in [0.2, 0.25) is 0 Å². The van der Waals surface area contributed by atoms with E-state index in [0.29, 0.717) is 26.1 Å². The predicted molar refractivity (Wildman–Crippen MR) is 98.8 cm³/mol. The molecule has 2 aromatic rings. The zero-order chi connectivity index (χ0) is 18.0. The third kappa shape index (κ3) is 2.87. The number of aliphatic hydroxyl groups excluding tert-OH is 2. The van der Waals surface area contributed by atoms with Crippen LogP contribution in [0, 0.1) is 5.41 Å². The summed E-state index contributed by atoms with van der Waals surface area (Å²) in [4.78, 5) is 0. The summed E-state index contributed by atoms with van der Waals surface area (Å²) in [5.41, 5.74) is 1.55. The molecule has 1 aliphatic carbocycles. The molecule has 2 fully saturated rings. The van der Waals surface area contributed by atoms with Crippen LogP contribution >= 0.6 is 0 Å². The minimum atomic E-state index is -0.663. The quantitative estimate of drug-likeness (QED) is 0.886. The second-order valence-corrected chi connectivity index (χ2v) is 7.49. The van der Waals surface area contributed by atoms with E-state index in [0.717, 1.165) is 11.1 Å². The van der Waals surface area contributed by atoms with Gasteiger partial charge in [-0.25, -0.2) is 0 Å². The smallest absolute Gasteiger partial charge is 0.169 e. The van der Waals surface area contributed by atoms with Crippen LogP contribution in [0.15, 0.2) is 60.7 Å². The predicted octanol–water partition coefficient (Wildman–Crippen LogP) is 3.06. The van der Waals surface area contributed by atoms with Crippen LogP contribution in [-0.2, 0) is 9.47 Å². The molecular weight excluding hydrogens is 328 g/mol. The van der Waals surface area contributed by atoms with Crippen molar-refractivity contribution < 1.29 is 19.7 Å². The first-order chi connectivity index (χ1) is 12.7. The van der Waals surface area contributed by atoms with Crippen molar-refractivity contribution in [3.8, 4) is 0 Å². The molecule has 2 aliphatic rings. The third-order valence-corrected chi connectivity index (χ3v) is 6.22. The molecule has 0 unspecified atom stereocenters. The minimum absolute atomic E-state index is 0.0595. The van der Waals surface area contributed by atoms with Crippen LogP contribution in [0.25, 0.3) is 0 Å². The van der Waals surface area contributed by atoms with Gasteiger partial charge in [0.15, 0.2) is 5.79 Å². The SMILES string of the molecule is OCC1(CO)[C@H](c2ccccc2)CC2(C[C@H]1c1ccccc1)OCCO2. The van der Waals surface area contributed by atoms with E-state index in [1.54, 1.807) is 0 Å². The molecule has 0 radical (unpaired) electrons. The van der Waals surface area contributed by atoms with E-state index in [9.17, 15) is 10.2 Å². The van der Waals surface area contributed by atoms with Gasteiger partial charge in [-0.15, -0.1) is 0 Å². The van der Waals surface area contributed by atoms with Gasteiger partial charge in [0.05, 0.1) is 26.4 Å². The lowest BCUT2D eigenvalue weighted by atomic mass is 9.55. The van der Waals surface area contributed by atoms with Gasteiger partial charge in [0.1, 0.15) is 0 Å². The van der Waals surface area contributed by atoms with E-state index in [1.807, 2.05) is 36.4 Å². The first kappa shape index (κ1) is 17.7. The molecule has 0 aromatic heterocycles. The van der Waals surface area contributed by atoms with Crippen LogP contribution in [-0.4, -0.2) is 42.4 Å². The Morgan fingerprint density at radius 3 is 1.54 bits per heavy atom. The van der Waals surface area contributed by atoms with Gasteiger partial charge in [0.2, 0.25) is 0 Å². The average molecular weight is 354 g/mol. The van der Waals surface area contributed by atoms with Gasteiger partial charge < -0.3 is 19.7 Å². The lowest BCUT2D eigenvalue weighted by Crippen LogP contribution is -2.53. The summed E-state index contributed by atoms with van der Waals surface area (Å²) in [7, 11) is 0. The lowest BCUT2D eigenvalue weighted by Gasteiger charge is -2.53. The van der Waals surface area contributed by atoms with Crippen LogP contribution in [0.3, 0.4) is 0 Å². The molecule has 2 atom stereocenters. The number of aliphatic hydroxyl groups is 2. The molecule has 1 spiro atoms. The van der Waals surface area contributed by atoms with E-state index < -0.39 is 11.2 Å². The molecule has 0 amide bonds. The maximum Gasteiger partial charge on any atom is 0.169 e. The molecule has 4 nitrogen and oxygen atoms in total. The van der Waals surface area contributed by atoms with Crippen molar-refractivity contribution in [3.63, 3.8) is 0 Å². The fourth-order valence-electron chi connectivity index (χ4n) is 4.85. The van der Waals surface area contributed by atoms with Gasteiger partial charge in [-0.1, -0.05) is 60.7 Å². The number of ether oxygens (including phenoxy) is 2. The number of benzene rings is 2. The van der Waals surface area contributed by atoms with E-state index in [1.165, 1.54) is 0 Å². The third-order valence-electron chi connectivity index (χ3n) is 6.22. The van der Waals surface area contributed by atoms with E-state index in [2.05, 4.69) is 24.3 Å². The van der Waals surface area contributed by atoms with E-state index in [4.69, 9.17) is 9.47 Å². The van der Waals surface area contributed by atoms with Crippen LogP contribution in [0.4, 0.5) is 0 Å². The van der Waals surface area contributed by atoms with Gasteiger partial charge in [-0.05, 0) is 23.0 Å². The molecule has 2 aromatic carbocycles. The summed E-state index contributed by atoms with van der Waals surface area (Å²) in [5, 5.41) is 21.0. The topological polar surface area (TPSA) is 58.9 Å². The molecule has 1 aliphatic heterocycles. The van der Waals surface area contributed by atoms with Crippen molar-refractivity contribution in [1.82, 2.24) is 0 Å². The first-order valence-electron chi connectivity index (χ1n) is 9.32. The monoisotopic (exact) mass is 354 g/mol. The summed E-state index contributed by atoms with van der Waals surface area (Å²) < 4.78 is 12.2. The average Bonchev–Trinajstić information content (AvgIpc) is 3.17. The minimum Gasteiger partial charge on any atom is -0.396 e. The highest BCUT2D eigenvalue weighted by Crippen LogP contribution is 2.59. The maximum atomic E-state index is 10.5. The van der Waals surface area contributed by atoms with Gasteiger partial charge in [-0.2, -0.15) is 0 Å². The normalized spacial score (nSPS) is 26.8. The molecule has 138 valence electrons. The van der Waals surface area contributed by atoms with Crippen LogP contribution in [0.1, 0.15) is 35.8 Å². The van der Waals surface area contributed by atoms with Crippen molar-refractivity contribution in [2.75, 3.05) is 26.4 Å². The Bertz CT molecular complexity index is 652. The Morgan fingerprint density at radius 2 is 1.15 bits per heavy atom. The Kier molecular flexibility index (Phi) is 4.84. The summed E-state index contributed by atoms with van der Waals surface area (Å²) in [6.07, 6.45) is 1.28. The maximum absolute atomic E-state index is 10.5. The summed E-state index contributed by atoms with van der Waals surface area (Å²) >= 11 is 0. The number of rotatable bonds is 4. The van der Waals surface area contributed by atoms with Crippen molar-refractivity contribution in [1.29, 1.82) is 0 Å². The molecule has 26 heavy (non-hydrogen) atoms. The van der Waals surface area contributed by atoms with Gasteiger partial charge in [0, 0.05) is 18.3 Å². The lowest BCUT2D eigenvalue weighted by molar-refractivity contribution is -0.212. The Morgan fingerprint density at radius 1 is 0.731 bits per heavy atom. The Hall–Kier alpha value is -1.72. The Balaban J connectivity index is 1.84. The summed E-state index contributed by atoms with van der Waals surface area (Å²) in [6, 6.07) is 20.3. The zero-order valence-electron chi connectivity index (χ0n) is 14.9. The highest BCUT2D eigenvalue weighted by Gasteiger charge is 2.57. The summed E-state index contributed by atoms with van der Waals surface area (Å²) in [5.74, 6) is -0.763. The largest absolute Gasteiger partial charge is 0.396 e. The van der Waals surface area contributed by atoms with Crippen LogP contribution in [0.5, 0.6) is 0 Å². The van der Waals surface area contributed by atoms with Crippen molar-refractivity contribution in [3.05, 3.63) is 71.8 Å². The molecule has 4 heteroatoms. The molecule has 1 saturated carbocycles. The molecule has 0 bridgehead atoms. The fraction of sp³-hybridized carbons (Fsp3) is 0.455. The van der Waals surface area contributed by atoms with Gasteiger partial charge >= 0.3 is 0 Å². The van der Waals surface area contributed by atoms with Gasteiger partial charge in [-0.3, -0.25) is 0 Å². The standard InChI is InChI=1S/C22H26O4/c23-15-21(16-24)19(17-7-3-1-4-8-17)13-22(25-11-12-26-22)14-20(21)18-9-5-2-6-10-18/h1-10,19-20,23-24H,11-16H2/t19-,20-/m0/s1. The Labute approximate surface area is 154 Å². The molecule has 1 heterocycles. The molecular formula is C22H26O4. The first-order valence-corrected chi connectivity index (χ1v) is 9.32. The van der Waals surface area contributed by atoms with E-state index in [-0.39, 0.29) is 25.0 Å². The van der Waals surface area contributed by atoms with E-state index >= 15 is 0 Å². The van der Waals surface area contributed by atoms with Crippen LogP contribution < -0.4 is 0 Å². The fourth-order valence-corrected chi connectivity index (χ4v) is 4.85. The molecule has 4 rings (SSSR count). The molecule has 1 saturated heterocycles. The summed E-state index contributed by atoms with van der Waals surface area (Å²) in [6.45, 7) is 1.01. The zero-order valence-corrected chi connectivity index (χ0v) is 14.9. The molecule has 2 N–H and O–H groups in total. The van der Waals surface area contributed by atoms with Gasteiger partial charge in [0.25, 0.3) is 0 Å². The highest BCUT2D eigenvalue weighted by molar-refractivity contribution is 5.32. The second-order valence-electron chi connectivity index (χ2n) is 7.49. The number of hydrogen-bond donors (Lipinski definition) is 2. The number of hydrogen-bond acceptors (Lipinski definition) is 4.